The third-order valence-corrected chi connectivity index (χ3v) is 7.30. The molecule has 0 aliphatic heterocycles. The predicted molar refractivity (Wildman–Crippen MR) is 186 cm³/mol. The number of hydrogen-bond donors (Lipinski definition) is 0. The first-order valence-corrected chi connectivity index (χ1v) is 17.9. The fourth-order valence-electron chi connectivity index (χ4n) is 3.93. The van der Waals surface area contributed by atoms with Gasteiger partial charge in [0.15, 0.2) is 20.2 Å². The van der Waals surface area contributed by atoms with Gasteiger partial charge in [-0.1, -0.05) is 48.5 Å². The molecule has 0 radical (unpaired) electrons. The predicted octanol–water partition coefficient (Wildman–Crippen LogP) is 4.41. The molecule has 0 aliphatic carbocycles. The second-order valence-corrected chi connectivity index (χ2v) is 13.8. The van der Waals surface area contributed by atoms with Crippen molar-refractivity contribution < 1.29 is 113 Å². The first-order chi connectivity index (χ1) is 25.4. The molecule has 2 aromatic carbocycles. The molecule has 24 heteroatoms. The molecule has 4 heterocycles. The average molecular weight is 1050 g/mol. The molecule has 0 bridgehead atoms. The Kier molecular flexibility index (Phi) is 22.5. The van der Waals surface area contributed by atoms with E-state index in [1.165, 1.54) is 0 Å². The number of alkyl halides is 6. The van der Waals surface area contributed by atoms with Crippen molar-refractivity contribution in [2.75, 3.05) is 0 Å². The molecule has 6 rings (SSSR count). The van der Waals surface area contributed by atoms with Crippen LogP contribution in [0.25, 0.3) is 43.6 Å². The van der Waals surface area contributed by atoms with Gasteiger partial charge >= 0.3 is 11.0 Å². The van der Waals surface area contributed by atoms with E-state index in [9.17, 15) is 26.3 Å². The molecule has 324 valence electrons. The summed E-state index contributed by atoms with van der Waals surface area (Å²) in [5.41, 5.74) is -3.16. The van der Waals surface area contributed by atoms with Crippen LogP contribution in [0.5, 0.6) is 0 Å². The van der Waals surface area contributed by atoms with Crippen LogP contribution in [0.15, 0.2) is 72.8 Å². The van der Waals surface area contributed by atoms with Crippen molar-refractivity contribution in [2.45, 2.75) is 52.6 Å². The van der Waals surface area contributed by atoms with Crippen LogP contribution in [0.2, 0.25) is 0 Å². The maximum absolute atomic E-state index is 10.7. The topological polar surface area (TPSA) is 246 Å². The number of pyridine rings is 4. The van der Waals surface area contributed by atoms with Gasteiger partial charge < -0.3 is 28.9 Å². The number of carbonyl (C=O) groups excluding carboxylic acids is 2. The number of halogens is 6. The second kappa shape index (κ2) is 23.4. The molecule has 4 aromatic heterocycles. The van der Waals surface area contributed by atoms with Gasteiger partial charge in [-0.25, -0.2) is 16.8 Å². The zero-order valence-electron chi connectivity index (χ0n) is 30.5. The van der Waals surface area contributed by atoms with E-state index in [0.29, 0.717) is 0 Å². The van der Waals surface area contributed by atoms with Gasteiger partial charge in [0, 0.05) is 97.1 Å². The number of carboxylic acids is 2. The van der Waals surface area contributed by atoms with Crippen LogP contribution < -0.4 is 10.2 Å². The number of hydrogen-bond acceptors (Lipinski definition) is 14. The third kappa shape index (κ3) is 19.0. The number of benzene rings is 2. The summed E-state index contributed by atoms with van der Waals surface area (Å²) in [7, 11) is -12.2. The van der Waals surface area contributed by atoms with Gasteiger partial charge in [-0.05, 0) is 65.8 Å². The fourth-order valence-corrected chi connectivity index (χ4v) is 3.93. The number of aliphatic carboxylic acids is 2. The minimum atomic E-state index is -6.09. The van der Waals surface area contributed by atoms with Crippen molar-refractivity contribution in [1.29, 1.82) is 0 Å². The van der Waals surface area contributed by atoms with Gasteiger partial charge in [0.1, 0.15) is 0 Å². The summed E-state index contributed by atoms with van der Waals surface area (Å²) in [4.78, 5) is 36.1. The maximum Gasteiger partial charge on any atom is 0.485 e. The SMILES string of the molecule is CC(=O)[O-].CC(=O)[O-].Cc1ccc2ccc3ccc(C)nc3c2n1.Cc1ccc2ccc3ccc(C)nc3c2n1.O=S(=O)([O-])C(F)(F)F.O=S(=O)([O-])C(F)(F)F.[Pd].[Pd]. The molecule has 58 heavy (non-hydrogen) atoms. The van der Waals surface area contributed by atoms with Gasteiger partial charge in [-0.2, -0.15) is 26.3 Å². The van der Waals surface area contributed by atoms with Crippen molar-refractivity contribution >= 4 is 75.8 Å². The molecular weight excluding hydrogens is 1020 g/mol. The third-order valence-electron chi connectivity index (χ3n) is 6.16. The van der Waals surface area contributed by atoms with E-state index in [1.54, 1.807) is 0 Å². The summed E-state index contributed by atoms with van der Waals surface area (Å²) in [6, 6.07) is 24.9. The molecule has 0 saturated carbocycles. The van der Waals surface area contributed by atoms with Crippen LogP contribution in [0.4, 0.5) is 26.3 Å². The largest absolute Gasteiger partial charge is 0.741 e. The van der Waals surface area contributed by atoms with Gasteiger partial charge in [0.2, 0.25) is 0 Å². The zero-order chi connectivity index (χ0) is 43.4. The van der Waals surface area contributed by atoms with Crippen LogP contribution in [0.1, 0.15) is 36.6 Å². The molecule has 0 spiro atoms. The minimum absolute atomic E-state index is 0. The van der Waals surface area contributed by atoms with Crippen molar-refractivity contribution in [3.8, 4) is 0 Å². The Bertz CT molecular complexity index is 2260. The Balaban J connectivity index is 0. The van der Waals surface area contributed by atoms with Crippen LogP contribution in [0, 0.1) is 27.7 Å². The summed E-state index contributed by atoms with van der Waals surface area (Å²) in [5, 5.41) is 22.4. The molecule has 0 atom stereocenters. The quantitative estimate of drug-likeness (QED) is 0.0673. The second-order valence-electron chi connectivity index (χ2n) is 11.0. The number of aromatic nitrogens is 4. The van der Waals surface area contributed by atoms with E-state index in [4.69, 9.17) is 45.7 Å². The molecule has 0 aliphatic rings. The van der Waals surface area contributed by atoms with Gasteiger partial charge in [-0.3, -0.25) is 19.9 Å². The molecule has 0 fully saturated rings. The molecular formula is C34H30F6N4O10Pd2S2-4. The van der Waals surface area contributed by atoms with E-state index in [2.05, 4.69) is 68.5 Å². The first-order valence-electron chi connectivity index (χ1n) is 15.1. The molecule has 0 N–H and O–H groups in total. The smallest absolute Gasteiger partial charge is 0.485 e. The zero-order valence-corrected chi connectivity index (χ0v) is 35.3. The average Bonchev–Trinajstić information content (AvgIpc) is 3.03. The van der Waals surface area contributed by atoms with E-state index in [1.807, 2.05) is 52.0 Å². The number of rotatable bonds is 0. The van der Waals surface area contributed by atoms with Crippen LogP contribution in [0.3, 0.4) is 0 Å². The normalized spacial score (nSPS) is 10.9. The van der Waals surface area contributed by atoms with Gasteiger partial charge in [0.25, 0.3) is 0 Å². The van der Waals surface area contributed by atoms with Crippen LogP contribution >= 0.6 is 0 Å². The van der Waals surface area contributed by atoms with E-state index < -0.39 is 43.2 Å². The van der Waals surface area contributed by atoms with Crippen LogP contribution in [-0.4, -0.2) is 68.8 Å². The number of carbonyl (C=O) groups is 2. The monoisotopic (exact) mass is 1040 g/mol. The summed E-state index contributed by atoms with van der Waals surface area (Å²) in [5.74, 6) is -2.17. The van der Waals surface area contributed by atoms with E-state index in [0.717, 1.165) is 80.2 Å². The van der Waals surface area contributed by atoms with Crippen molar-refractivity contribution in [2.24, 2.45) is 0 Å². The number of fused-ring (bicyclic) bond motifs is 6. The van der Waals surface area contributed by atoms with Gasteiger partial charge in [0.05, 0.1) is 22.1 Å². The summed E-state index contributed by atoms with van der Waals surface area (Å²) in [6.45, 7) is 9.98. The Hall–Kier alpha value is -4.26. The summed E-state index contributed by atoms with van der Waals surface area (Å²) < 4.78 is 118. The molecule has 0 unspecified atom stereocenters. The number of aryl methyl sites for hydroxylation is 4. The number of carboxylic acid groups (broad SMARTS) is 2. The molecule has 0 saturated heterocycles. The molecule has 0 amide bonds. The fraction of sp³-hybridized carbons (Fsp3) is 0.235. The Morgan fingerprint density at radius 3 is 0.690 bits per heavy atom. The Morgan fingerprint density at radius 1 is 0.448 bits per heavy atom. The minimum Gasteiger partial charge on any atom is -0.741 e. The molecule has 14 nitrogen and oxygen atoms in total. The van der Waals surface area contributed by atoms with Crippen LogP contribution in [-0.2, 0) is 70.7 Å². The van der Waals surface area contributed by atoms with Crippen molar-refractivity contribution in [3.05, 3.63) is 95.6 Å². The van der Waals surface area contributed by atoms with E-state index in [-0.39, 0.29) is 40.8 Å². The van der Waals surface area contributed by atoms with Crippen molar-refractivity contribution in [1.82, 2.24) is 19.9 Å². The first kappa shape index (κ1) is 55.8. The molecule has 6 aromatic rings. The number of nitrogens with zero attached hydrogens (tertiary/aromatic N) is 4. The Morgan fingerprint density at radius 2 is 0.569 bits per heavy atom. The summed E-state index contributed by atoms with van der Waals surface area (Å²) >= 11 is 0. The van der Waals surface area contributed by atoms with Gasteiger partial charge in [-0.15, -0.1) is 0 Å². The standard InChI is InChI=1S/2C14H12N2.2C2H4O2.2CHF3O3S.2Pd/c2*1-9-3-5-11-7-8-12-6-4-10(2)16-14(12)13(11)15-9;2*1-2(3)4;2*2-1(3,4)8(5,6)7;;/h2*3-8H,1-2H3;2*1H3,(H,3,4);2*(H,5,6,7);;/p-4. The maximum atomic E-state index is 10.7. The van der Waals surface area contributed by atoms with Crippen molar-refractivity contribution in [3.63, 3.8) is 0 Å². The Labute approximate surface area is 354 Å². The van der Waals surface area contributed by atoms with E-state index >= 15 is 0 Å². The summed E-state index contributed by atoms with van der Waals surface area (Å²) in [6.07, 6.45) is 0.